The summed E-state index contributed by atoms with van der Waals surface area (Å²) >= 11 is 12.3. The predicted molar refractivity (Wildman–Crippen MR) is 257 cm³/mol. The third-order valence-corrected chi connectivity index (χ3v) is 13.5. The lowest BCUT2D eigenvalue weighted by atomic mass is 10.0. The smallest absolute Gasteiger partial charge is 0.204 e. The van der Waals surface area contributed by atoms with Crippen LogP contribution in [0.4, 0.5) is 5.69 Å². The lowest BCUT2D eigenvalue weighted by molar-refractivity contribution is 0.416. The van der Waals surface area contributed by atoms with Gasteiger partial charge in [0.15, 0.2) is 10.9 Å². The minimum atomic E-state index is -0.0920. The first-order chi connectivity index (χ1) is 30.3. The standard InChI is InChI=1S/C49H53N7O5S2/c1-8-9-39(36-21-34(29-10-11-29)41(57)23-43(36)59)55(48(62)50-6)31-14-15-38-33(20-31)27(4)28(5)53(38)25-54-49(63)56(40-16-17-45(61-7)46-32(40)18-19-52(46)26(2)3)47(51-54)37-22-35(30-12-13-30)42(58)24-44(37)60/h9,14-24,26,29-30,57-60H,8,10-13,25H2,1-7H3,(H,50,62). The molecule has 0 radical (unpaired) electrons. The van der Waals surface area contributed by atoms with Gasteiger partial charge in [-0.1, -0.05) is 13.0 Å². The summed E-state index contributed by atoms with van der Waals surface area (Å²) in [7, 11) is 3.45. The summed E-state index contributed by atoms with van der Waals surface area (Å²) in [5.74, 6) is 1.73. The summed E-state index contributed by atoms with van der Waals surface area (Å²) in [6, 6.07) is 19.0. The van der Waals surface area contributed by atoms with Crippen molar-refractivity contribution in [2.75, 3.05) is 19.1 Å². The Bertz CT molecular complexity index is 3070. The van der Waals surface area contributed by atoms with Crippen LogP contribution in [0, 0.1) is 18.6 Å². The van der Waals surface area contributed by atoms with Crippen molar-refractivity contribution in [3.63, 3.8) is 0 Å². The van der Waals surface area contributed by atoms with E-state index in [1.807, 2.05) is 52.8 Å². The average Bonchev–Trinajstić information content (AvgIpc) is 4.20. The second-order valence-electron chi connectivity index (χ2n) is 17.1. The number of hydrogen-bond donors (Lipinski definition) is 5. The molecule has 2 saturated carbocycles. The van der Waals surface area contributed by atoms with Crippen LogP contribution in [0.1, 0.15) is 98.7 Å². The summed E-state index contributed by atoms with van der Waals surface area (Å²) in [4.78, 5) is 1.94. The number of ether oxygens (including phenoxy) is 1. The highest BCUT2D eigenvalue weighted by Gasteiger charge is 2.32. The number of methoxy groups -OCH3 is 1. The highest BCUT2D eigenvalue weighted by molar-refractivity contribution is 7.80. The number of phenolic OH excluding ortho intramolecular Hbond substituents is 4. The molecule has 0 bridgehead atoms. The molecule has 3 heterocycles. The molecule has 0 atom stereocenters. The Morgan fingerprint density at radius 1 is 0.905 bits per heavy atom. The van der Waals surface area contributed by atoms with Gasteiger partial charge in [0.05, 0.1) is 35.1 Å². The molecule has 7 aromatic rings. The minimum absolute atomic E-state index is 0.0208. The fourth-order valence-electron chi connectivity index (χ4n) is 9.02. The zero-order valence-electron chi connectivity index (χ0n) is 36.6. The van der Waals surface area contributed by atoms with Crippen molar-refractivity contribution in [3.8, 4) is 45.8 Å². The Morgan fingerprint density at radius 2 is 1.59 bits per heavy atom. The van der Waals surface area contributed by atoms with E-state index < -0.39 is 0 Å². The Balaban J connectivity index is 1.19. The van der Waals surface area contributed by atoms with Gasteiger partial charge < -0.3 is 39.6 Å². The van der Waals surface area contributed by atoms with Gasteiger partial charge in [0.1, 0.15) is 35.4 Å². The van der Waals surface area contributed by atoms with Crippen molar-refractivity contribution in [2.45, 2.75) is 91.3 Å². The van der Waals surface area contributed by atoms with Crippen LogP contribution in [0.25, 0.3) is 44.6 Å². The first-order valence-electron chi connectivity index (χ1n) is 21.6. The van der Waals surface area contributed by atoms with Crippen LogP contribution in [0.15, 0.2) is 72.9 Å². The van der Waals surface area contributed by atoms with Gasteiger partial charge in [-0.05, 0) is 161 Å². The number of hydrogen-bond acceptors (Lipinski definition) is 8. The van der Waals surface area contributed by atoms with Gasteiger partial charge >= 0.3 is 0 Å². The molecule has 9 rings (SSSR count). The van der Waals surface area contributed by atoms with Crippen LogP contribution in [0.2, 0.25) is 0 Å². The second-order valence-corrected chi connectivity index (χ2v) is 17.8. The van der Waals surface area contributed by atoms with E-state index in [-0.39, 0.29) is 47.5 Å². The van der Waals surface area contributed by atoms with Crippen LogP contribution < -0.4 is 15.0 Å². The van der Waals surface area contributed by atoms with Gasteiger partial charge in [-0.25, -0.2) is 4.68 Å². The van der Waals surface area contributed by atoms with Crippen molar-refractivity contribution in [1.82, 2.24) is 28.8 Å². The van der Waals surface area contributed by atoms with Crippen LogP contribution in [-0.4, -0.2) is 63.2 Å². The molecule has 14 heteroatoms. The van der Waals surface area contributed by atoms with Crippen molar-refractivity contribution in [2.24, 2.45) is 0 Å². The SMILES string of the molecule is CCC=C(c1cc(C2CC2)c(O)cc1O)N(C(=S)NC)c1ccc2c(c1)c(C)c(C)n2Cn1nc(-c2cc(C3CC3)c(O)cc2O)n(-c2ccc(OC)c3c2ccn3C(C)C)c1=S. The number of thiocarbonyl (C=S) groups is 1. The maximum atomic E-state index is 11.5. The second kappa shape index (κ2) is 16.1. The average molecular weight is 884 g/mol. The number of aromatic hydroxyl groups is 4. The normalized spacial score (nSPS) is 14.3. The van der Waals surface area contributed by atoms with E-state index in [1.54, 1.807) is 18.8 Å². The number of rotatable bonds is 12. The maximum Gasteiger partial charge on any atom is 0.204 e. The van der Waals surface area contributed by atoms with Crippen molar-refractivity contribution in [3.05, 3.63) is 106 Å². The molecule has 2 aliphatic carbocycles. The quantitative estimate of drug-likeness (QED) is 0.0754. The molecule has 0 aliphatic heterocycles. The van der Waals surface area contributed by atoms with E-state index >= 15 is 0 Å². The highest BCUT2D eigenvalue weighted by Crippen LogP contribution is 2.49. The number of aromatic nitrogens is 5. The fourth-order valence-corrected chi connectivity index (χ4v) is 9.51. The summed E-state index contributed by atoms with van der Waals surface area (Å²) in [6.07, 6.45) is 8.71. The van der Waals surface area contributed by atoms with Crippen LogP contribution in [0.3, 0.4) is 0 Å². The third kappa shape index (κ3) is 7.18. The van der Waals surface area contributed by atoms with Gasteiger partial charge in [0, 0.05) is 59.1 Å². The summed E-state index contributed by atoms with van der Waals surface area (Å²) in [5.41, 5.74) is 8.95. The summed E-state index contributed by atoms with van der Waals surface area (Å²) in [5, 5.41) is 55.1. The lowest BCUT2D eigenvalue weighted by Gasteiger charge is -2.29. The molecular weight excluding hydrogens is 831 g/mol. The Hall–Kier alpha value is -6.25. The number of phenols is 4. The Morgan fingerprint density at radius 3 is 2.22 bits per heavy atom. The number of nitrogens with one attached hydrogen (secondary N) is 1. The fraction of sp³-hybridized carbons (Fsp3) is 0.327. The molecular formula is C49H53N7O5S2. The molecule has 5 N–H and O–H groups in total. The summed E-state index contributed by atoms with van der Waals surface area (Å²) < 4.78 is 14.4. The molecule has 326 valence electrons. The van der Waals surface area contributed by atoms with Crippen molar-refractivity contribution < 1.29 is 25.2 Å². The Labute approximate surface area is 376 Å². The monoisotopic (exact) mass is 883 g/mol. The van der Waals surface area contributed by atoms with Gasteiger partial charge in [0.25, 0.3) is 0 Å². The zero-order chi connectivity index (χ0) is 44.6. The van der Waals surface area contributed by atoms with Crippen molar-refractivity contribution >= 4 is 62.7 Å². The number of aryl methyl sites for hydroxylation is 1. The van der Waals surface area contributed by atoms with Gasteiger partial charge in [0.2, 0.25) is 4.77 Å². The first kappa shape index (κ1) is 42.1. The topological polar surface area (TPSA) is 138 Å². The van der Waals surface area contributed by atoms with Crippen LogP contribution in [0.5, 0.6) is 28.7 Å². The molecule has 63 heavy (non-hydrogen) atoms. The van der Waals surface area contributed by atoms with Gasteiger partial charge in [-0.3, -0.25) is 9.47 Å². The van der Waals surface area contributed by atoms with E-state index in [1.165, 1.54) is 12.1 Å². The number of fused-ring (bicyclic) bond motifs is 2. The van der Waals surface area contributed by atoms with E-state index in [0.29, 0.717) is 39.0 Å². The third-order valence-electron chi connectivity index (χ3n) is 12.7. The number of allylic oxidation sites excluding steroid dienone is 1. The maximum absolute atomic E-state index is 11.5. The van der Waals surface area contributed by atoms with E-state index in [4.69, 9.17) is 34.3 Å². The molecule has 4 aromatic carbocycles. The molecule has 3 aromatic heterocycles. The first-order valence-corrected chi connectivity index (χ1v) is 22.4. The molecule has 12 nitrogen and oxygen atoms in total. The van der Waals surface area contributed by atoms with Crippen LogP contribution >= 0.6 is 24.4 Å². The molecule has 0 unspecified atom stereocenters. The van der Waals surface area contributed by atoms with Crippen molar-refractivity contribution in [1.29, 1.82) is 0 Å². The molecule has 2 aliphatic rings. The van der Waals surface area contributed by atoms with E-state index in [0.717, 1.165) is 87.0 Å². The molecule has 0 spiro atoms. The minimum Gasteiger partial charge on any atom is -0.508 e. The molecule has 2 fully saturated rings. The van der Waals surface area contributed by atoms with Crippen LogP contribution in [-0.2, 0) is 6.67 Å². The Kier molecular flexibility index (Phi) is 10.8. The molecule has 0 amide bonds. The van der Waals surface area contributed by atoms with Gasteiger partial charge in [-0.15, -0.1) is 5.10 Å². The van der Waals surface area contributed by atoms with Gasteiger partial charge in [-0.2, -0.15) is 0 Å². The number of anilines is 1. The lowest BCUT2D eigenvalue weighted by Crippen LogP contribution is -2.36. The largest absolute Gasteiger partial charge is 0.508 e. The highest BCUT2D eigenvalue weighted by atomic mass is 32.1. The number of benzene rings is 4. The molecule has 0 saturated heterocycles. The predicted octanol–water partition coefficient (Wildman–Crippen LogP) is 11.0. The van der Waals surface area contributed by atoms with E-state index in [9.17, 15) is 20.4 Å². The van der Waals surface area contributed by atoms with E-state index in [2.05, 4.69) is 66.5 Å². The number of nitrogens with zero attached hydrogens (tertiary/aromatic N) is 6. The zero-order valence-corrected chi connectivity index (χ0v) is 38.2. The summed E-state index contributed by atoms with van der Waals surface area (Å²) in [6.45, 7) is 10.7.